The summed E-state index contributed by atoms with van der Waals surface area (Å²) in [5.41, 5.74) is 1.13. The highest BCUT2D eigenvalue weighted by Crippen LogP contribution is 2.19. The number of carbonyl (C=O) groups is 1. The minimum Gasteiger partial charge on any atom is -0.444 e. The Morgan fingerprint density at radius 2 is 2.31 bits per heavy atom. The molecular weight excluding hydrogens is 209 g/mol. The Morgan fingerprint density at radius 3 is 3.00 bits per heavy atom. The molecule has 2 aromatic rings. The van der Waals surface area contributed by atoms with Crippen LogP contribution in [0.25, 0.3) is 11.5 Å². The maximum atomic E-state index is 12.9. The highest BCUT2D eigenvalue weighted by atomic mass is 19.1. The van der Waals surface area contributed by atoms with E-state index in [9.17, 15) is 9.18 Å². The molecule has 3 nitrogen and oxygen atoms in total. The van der Waals surface area contributed by atoms with E-state index in [0.29, 0.717) is 17.1 Å². The van der Waals surface area contributed by atoms with Crippen LogP contribution in [-0.4, -0.2) is 10.8 Å². The number of benzene rings is 1. The molecule has 2 rings (SSSR count). The molecule has 1 aromatic heterocycles. The van der Waals surface area contributed by atoms with Crippen LogP contribution in [0.15, 0.2) is 34.9 Å². The van der Waals surface area contributed by atoms with Crippen LogP contribution in [0.2, 0.25) is 0 Å². The van der Waals surface area contributed by atoms with Gasteiger partial charge in [-0.2, -0.15) is 0 Å². The Balaban J connectivity index is 2.28. The number of hydrogen-bond acceptors (Lipinski definition) is 3. The van der Waals surface area contributed by atoms with Gasteiger partial charge in [-0.15, -0.1) is 0 Å². The van der Waals surface area contributed by atoms with E-state index in [4.69, 9.17) is 4.42 Å². The Labute approximate surface area is 91.9 Å². The van der Waals surface area contributed by atoms with Crippen LogP contribution >= 0.6 is 0 Å². The van der Waals surface area contributed by atoms with Crippen molar-refractivity contribution in [3.63, 3.8) is 0 Å². The molecule has 0 N–H and O–H groups in total. The van der Waals surface area contributed by atoms with E-state index in [2.05, 4.69) is 4.98 Å². The van der Waals surface area contributed by atoms with Crippen LogP contribution in [0.5, 0.6) is 0 Å². The van der Waals surface area contributed by atoms with E-state index in [1.165, 1.54) is 25.3 Å². The van der Waals surface area contributed by atoms with Crippen LogP contribution in [-0.2, 0) is 11.2 Å². The Morgan fingerprint density at radius 1 is 1.50 bits per heavy atom. The molecule has 0 amide bonds. The molecule has 0 saturated carbocycles. The quantitative estimate of drug-likeness (QED) is 0.796. The van der Waals surface area contributed by atoms with E-state index in [-0.39, 0.29) is 18.0 Å². The van der Waals surface area contributed by atoms with Gasteiger partial charge in [-0.3, -0.25) is 4.79 Å². The molecule has 82 valence electrons. The first kappa shape index (κ1) is 10.5. The first-order chi connectivity index (χ1) is 7.65. The van der Waals surface area contributed by atoms with Crippen LogP contribution in [0, 0.1) is 5.82 Å². The predicted octanol–water partition coefficient (Wildman–Crippen LogP) is 2.61. The number of nitrogens with zero attached hydrogens (tertiary/aromatic N) is 1. The molecule has 4 heteroatoms. The summed E-state index contributed by atoms with van der Waals surface area (Å²) in [6.45, 7) is 1.48. The number of Topliss-reactive ketones (excluding diaryl/α,β-unsaturated/α-hetero) is 1. The fourth-order valence-corrected chi connectivity index (χ4v) is 1.40. The summed E-state index contributed by atoms with van der Waals surface area (Å²) in [7, 11) is 0. The summed E-state index contributed by atoms with van der Waals surface area (Å²) in [6.07, 6.45) is 1.65. The van der Waals surface area contributed by atoms with Crippen molar-refractivity contribution in [1.82, 2.24) is 4.98 Å². The van der Waals surface area contributed by atoms with Crippen molar-refractivity contribution in [1.29, 1.82) is 0 Å². The first-order valence-electron chi connectivity index (χ1n) is 4.85. The second-order valence-corrected chi connectivity index (χ2v) is 3.53. The normalized spacial score (nSPS) is 10.4. The molecule has 0 aliphatic rings. The fraction of sp³-hybridized carbons (Fsp3) is 0.167. The lowest BCUT2D eigenvalue weighted by Crippen LogP contribution is -1.96. The lowest BCUT2D eigenvalue weighted by molar-refractivity contribution is -0.116. The summed E-state index contributed by atoms with van der Waals surface area (Å²) in [5, 5.41) is 0. The zero-order valence-corrected chi connectivity index (χ0v) is 8.74. The Bertz CT molecular complexity index is 519. The highest BCUT2D eigenvalue weighted by molar-refractivity contribution is 5.77. The standard InChI is InChI=1S/C12H10FNO2/c1-8(15)5-11-7-16-12(14-11)9-3-2-4-10(13)6-9/h2-4,6-7H,5H2,1H3. The van der Waals surface area contributed by atoms with Crippen molar-refractivity contribution in [3.8, 4) is 11.5 Å². The van der Waals surface area contributed by atoms with Crippen molar-refractivity contribution in [3.05, 3.63) is 42.0 Å². The molecule has 0 unspecified atom stereocenters. The third kappa shape index (κ3) is 2.34. The van der Waals surface area contributed by atoms with E-state index in [1.54, 1.807) is 12.1 Å². The molecule has 0 bridgehead atoms. The number of aromatic nitrogens is 1. The van der Waals surface area contributed by atoms with E-state index < -0.39 is 0 Å². The van der Waals surface area contributed by atoms with Crippen molar-refractivity contribution in [2.45, 2.75) is 13.3 Å². The lowest BCUT2D eigenvalue weighted by Gasteiger charge is -1.94. The minimum absolute atomic E-state index is 0.0130. The number of carbonyl (C=O) groups excluding carboxylic acids is 1. The van der Waals surface area contributed by atoms with Gasteiger partial charge in [-0.25, -0.2) is 9.37 Å². The molecule has 0 fully saturated rings. The van der Waals surface area contributed by atoms with Crippen molar-refractivity contribution in [2.24, 2.45) is 0 Å². The van der Waals surface area contributed by atoms with Crippen molar-refractivity contribution >= 4 is 5.78 Å². The van der Waals surface area contributed by atoms with Crippen LogP contribution in [0.3, 0.4) is 0 Å². The smallest absolute Gasteiger partial charge is 0.226 e. The molecule has 0 atom stereocenters. The maximum absolute atomic E-state index is 12.9. The number of halogens is 1. The van der Waals surface area contributed by atoms with Crippen molar-refractivity contribution in [2.75, 3.05) is 0 Å². The molecule has 0 radical (unpaired) electrons. The summed E-state index contributed by atoms with van der Waals surface area (Å²) in [4.78, 5) is 15.0. The van der Waals surface area contributed by atoms with Gasteiger partial charge < -0.3 is 4.42 Å². The Kier molecular flexibility index (Phi) is 2.81. The van der Waals surface area contributed by atoms with Crippen LogP contribution < -0.4 is 0 Å². The maximum Gasteiger partial charge on any atom is 0.226 e. The van der Waals surface area contributed by atoms with E-state index in [1.807, 2.05) is 0 Å². The number of rotatable bonds is 3. The number of ketones is 1. The topological polar surface area (TPSA) is 43.1 Å². The molecule has 16 heavy (non-hydrogen) atoms. The zero-order valence-electron chi connectivity index (χ0n) is 8.74. The van der Waals surface area contributed by atoms with E-state index in [0.717, 1.165) is 0 Å². The lowest BCUT2D eigenvalue weighted by atomic mass is 10.2. The summed E-state index contributed by atoms with van der Waals surface area (Å²) in [5.74, 6) is -0.00124. The first-order valence-corrected chi connectivity index (χ1v) is 4.85. The minimum atomic E-state index is -0.344. The molecule has 0 aliphatic carbocycles. The SMILES string of the molecule is CC(=O)Cc1coc(-c2cccc(F)c2)n1. The molecule has 0 spiro atoms. The number of hydrogen-bond donors (Lipinski definition) is 0. The summed E-state index contributed by atoms with van der Waals surface area (Å²) in [6, 6.07) is 5.97. The van der Waals surface area contributed by atoms with Gasteiger partial charge in [0.05, 0.1) is 12.1 Å². The van der Waals surface area contributed by atoms with Gasteiger partial charge in [-0.05, 0) is 25.1 Å². The molecule has 0 saturated heterocycles. The fourth-order valence-electron chi connectivity index (χ4n) is 1.40. The third-order valence-corrected chi connectivity index (χ3v) is 2.05. The van der Waals surface area contributed by atoms with Gasteiger partial charge >= 0.3 is 0 Å². The van der Waals surface area contributed by atoms with Gasteiger partial charge in [0.2, 0.25) is 5.89 Å². The predicted molar refractivity (Wildman–Crippen MR) is 56.3 cm³/mol. The number of oxazole rings is 1. The molecule has 0 aliphatic heterocycles. The average Bonchev–Trinajstić information content (AvgIpc) is 2.65. The highest BCUT2D eigenvalue weighted by Gasteiger charge is 2.08. The summed E-state index contributed by atoms with van der Waals surface area (Å²) >= 11 is 0. The third-order valence-electron chi connectivity index (χ3n) is 2.05. The molecular formula is C12H10FNO2. The molecule has 1 aromatic carbocycles. The second kappa shape index (κ2) is 4.26. The van der Waals surface area contributed by atoms with Crippen LogP contribution in [0.1, 0.15) is 12.6 Å². The monoisotopic (exact) mass is 219 g/mol. The molecule has 1 heterocycles. The zero-order chi connectivity index (χ0) is 11.5. The average molecular weight is 219 g/mol. The van der Waals surface area contributed by atoms with Gasteiger partial charge in [0.25, 0.3) is 0 Å². The summed E-state index contributed by atoms with van der Waals surface area (Å²) < 4.78 is 18.1. The van der Waals surface area contributed by atoms with Crippen molar-refractivity contribution < 1.29 is 13.6 Å². The van der Waals surface area contributed by atoms with Gasteiger partial charge in [0, 0.05) is 5.56 Å². The largest absolute Gasteiger partial charge is 0.444 e. The Hall–Kier alpha value is -1.97. The van der Waals surface area contributed by atoms with Gasteiger partial charge in [-0.1, -0.05) is 6.07 Å². The van der Waals surface area contributed by atoms with E-state index >= 15 is 0 Å². The van der Waals surface area contributed by atoms with Gasteiger partial charge in [0.1, 0.15) is 17.9 Å². The van der Waals surface area contributed by atoms with Crippen LogP contribution in [0.4, 0.5) is 4.39 Å². The van der Waals surface area contributed by atoms with Gasteiger partial charge in [0.15, 0.2) is 0 Å². The second-order valence-electron chi connectivity index (χ2n) is 3.53.